The predicted octanol–water partition coefficient (Wildman–Crippen LogP) is 2.02. The van der Waals surface area contributed by atoms with Gasteiger partial charge in [0.25, 0.3) is 0 Å². The molecule has 1 amide bonds. The maximum absolute atomic E-state index is 13.7. The molecule has 1 N–H and O–H groups in total. The topological polar surface area (TPSA) is 77.1 Å². The minimum absolute atomic E-state index is 0.0104. The Bertz CT molecular complexity index is 960. The van der Waals surface area contributed by atoms with E-state index in [0.717, 1.165) is 16.7 Å². The van der Waals surface area contributed by atoms with Crippen LogP contribution in [0, 0.1) is 11.6 Å². The van der Waals surface area contributed by atoms with E-state index in [9.17, 15) is 18.4 Å². The molecule has 0 bridgehead atoms. The number of benzene rings is 1. The first-order valence-corrected chi connectivity index (χ1v) is 7.62. The number of hydrogen-bond donors (Lipinski definition) is 1. The Morgan fingerprint density at radius 1 is 1.28 bits per heavy atom. The molecule has 0 saturated heterocycles. The summed E-state index contributed by atoms with van der Waals surface area (Å²) in [5, 5.41) is 2.61. The number of carbonyl (C=O) groups is 1. The molecule has 0 saturated carbocycles. The molecule has 0 aliphatic carbocycles. The highest BCUT2D eigenvalue weighted by molar-refractivity contribution is 5.78. The molecule has 2 heterocycles. The summed E-state index contributed by atoms with van der Waals surface area (Å²) in [6.45, 7) is 1.32. The van der Waals surface area contributed by atoms with Crippen LogP contribution in [0.15, 0.2) is 45.7 Å². The lowest BCUT2D eigenvalue weighted by Gasteiger charge is -2.15. The van der Waals surface area contributed by atoms with E-state index in [0.29, 0.717) is 0 Å². The van der Waals surface area contributed by atoms with Crippen molar-refractivity contribution >= 4 is 17.1 Å². The SMILES string of the molecule is C[C@@H](Cc1c(F)cccc1F)NC(=O)Cn1c(=O)oc2cccnc21. The van der Waals surface area contributed by atoms with Gasteiger partial charge in [-0.2, -0.15) is 0 Å². The van der Waals surface area contributed by atoms with E-state index in [1.54, 1.807) is 19.1 Å². The summed E-state index contributed by atoms with van der Waals surface area (Å²) >= 11 is 0. The molecule has 3 rings (SSSR count). The second kappa shape index (κ2) is 6.84. The Labute approximate surface area is 141 Å². The first kappa shape index (κ1) is 16.8. The van der Waals surface area contributed by atoms with Crippen LogP contribution in [0.25, 0.3) is 11.2 Å². The van der Waals surface area contributed by atoms with E-state index in [1.807, 2.05) is 0 Å². The average molecular weight is 347 g/mol. The highest BCUT2D eigenvalue weighted by Crippen LogP contribution is 2.14. The van der Waals surface area contributed by atoms with Gasteiger partial charge in [-0.3, -0.25) is 4.79 Å². The van der Waals surface area contributed by atoms with Gasteiger partial charge in [0.15, 0.2) is 11.2 Å². The molecule has 6 nitrogen and oxygen atoms in total. The van der Waals surface area contributed by atoms with Gasteiger partial charge in [-0.25, -0.2) is 23.1 Å². The van der Waals surface area contributed by atoms with Crippen molar-refractivity contribution < 1.29 is 18.0 Å². The van der Waals surface area contributed by atoms with Gasteiger partial charge in [0.1, 0.15) is 18.2 Å². The quantitative estimate of drug-likeness (QED) is 0.766. The van der Waals surface area contributed by atoms with Crippen molar-refractivity contribution in [1.82, 2.24) is 14.9 Å². The maximum atomic E-state index is 13.7. The number of oxazole rings is 1. The van der Waals surface area contributed by atoms with E-state index < -0.39 is 29.3 Å². The predicted molar refractivity (Wildman–Crippen MR) is 85.9 cm³/mol. The number of fused-ring (bicyclic) bond motifs is 1. The third-order valence-corrected chi connectivity index (χ3v) is 3.71. The zero-order valence-electron chi connectivity index (χ0n) is 13.3. The number of halogens is 2. The van der Waals surface area contributed by atoms with Gasteiger partial charge in [0.2, 0.25) is 5.91 Å². The molecule has 0 spiro atoms. The number of pyridine rings is 1. The Balaban J connectivity index is 1.70. The lowest BCUT2D eigenvalue weighted by molar-refractivity contribution is -0.122. The number of amides is 1. The third-order valence-electron chi connectivity index (χ3n) is 3.71. The van der Waals surface area contributed by atoms with Crippen molar-refractivity contribution in [3.63, 3.8) is 0 Å². The number of rotatable bonds is 5. The molecular formula is C17H15F2N3O3. The average Bonchev–Trinajstić information content (AvgIpc) is 2.87. The molecular weight excluding hydrogens is 332 g/mol. The van der Waals surface area contributed by atoms with Crippen LogP contribution in [0.5, 0.6) is 0 Å². The van der Waals surface area contributed by atoms with Gasteiger partial charge in [-0.15, -0.1) is 0 Å². The van der Waals surface area contributed by atoms with Crippen LogP contribution < -0.4 is 11.1 Å². The van der Waals surface area contributed by atoms with Crippen LogP contribution in [0.4, 0.5) is 8.78 Å². The summed E-state index contributed by atoms with van der Waals surface area (Å²) < 4.78 is 33.4. The van der Waals surface area contributed by atoms with E-state index in [-0.39, 0.29) is 29.8 Å². The standard InChI is InChI=1S/C17H15F2N3O3/c1-10(8-11-12(18)4-2-5-13(11)19)21-15(23)9-22-16-14(25-17(22)24)6-3-7-20-16/h2-7,10H,8-9H2,1H3,(H,21,23)/t10-/m0/s1. The Hall–Kier alpha value is -3.03. The monoisotopic (exact) mass is 347 g/mol. The fourth-order valence-electron chi connectivity index (χ4n) is 2.59. The molecule has 1 atom stereocenters. The van der Waals surface area contributed by atoms with Gasteiger partial charge in [-0.1, -0.05) is 6.07 Å². The van der Waals surface area contributed by atoms with Crippen LogP contribution in [0.1, 0.15) is 12.5 Å². The molecule has 130 valence electrons. The van der Waals surface area contributed by atoms with Crippen molar-refractivity contribution in [3.05, 3.63) is 64.3 Å². The Morgan fingerprint density at radius 2 is 2.00 bits per heavy atom. The van der Waals surface area contributed by atoms with E-state index in [1.165, 1.54) is 12.3 Å². The minimum atomic E-state index is -0.698. The van der Waals surface area contributed by atoms with Gasteiger partial charge in [0, 0.05) is 17.8 Å². The fraction of sp³-hybridized carbons (Fsp3) is 0.235. The van der Waals surface area contributed by atoms with Crippen LogP contribution in [0.2, 0.25) is 0 Å². The summed E-state index contributed by atoms with van der Waals surface area (Å²) in [5.41, 5.74) is 0.445. The molecule has 8 heteroatoms. The van der Waals surface area contributed by atoms with Crippen LogP contribution >= 0.6 is 0 Å². The number of aromatic nitrogens is 2. The lowest BCUT2D eigenvalue weighted by atomic mass is 10.1. The normalized spacial score (nSPS) is 12.3. The molecule has 0 radical (unpaired) electrons. The zero-order valence-corrected chi connectivity index (χ0v) is 13.3. The molecule has 0 unspecified atom stereocenters. The Morgan fingerprint density at radius 3 is 2.72 bits per heavy atom. The lowest BCUT2D eigenvalue weighted by Crippen LogP contribution is -2.38. The van der Waals surface area contributed by atoms with Gasteiger partial charge in [0.05, 0.1) is 0 Å². The van der Waals surface area contributed by atoms with Crippen molar-refractivity contribution in [1.29, 1.82) is 0 Å². The maximum Gasteiger partial charge on any atom is 0.421 e. The minimum Gasteiger partial charge on any atom is -0.406 e. The second-order valence-electron chi connectivity index (χ2n) is 5.65. The largest absolute Gasteiger partial charge is 0.421 e. The van der Waals surface area contributed by atoms with Crippen molar-refractivity contribution in [2.45, 2.75) is 25.9 Å². The van der Waals surface area contributed by atoms with Crippen molar-refractivity contribution in [3.8, 4) is 0 Å². The highest BCUT2D eigenvalue weighted by atomic mass is 19.1. The van der Waals surface area contributed by atoms with E-state index in [2.05, 4.69) is 10.3 Å². The molecule has 1 aromatic carbocycles. The first-order valence-electron chi connectivity index (χ1n) is 7.62. The number of nitrogens with one attached hydrogen (secondary N) is 1. The van der Waals surface area contributed by atoms with Crippen molar-refractivity contribution in [2.24, 2.45) is 0 Å². The summed E-state index contributed by atoms with van der Waals surface area (Å²) in [7, 11) is 0. The number of hydrogen-bond acceptors (Lipinski definition) is 4. The van der Waals surface area contributed by atoms with Gasteiger partial charge in [-0.05, 0) is 37.6 Å². The Kier molecular flexibility index (Phi) is 4.60. The molecule has 0 aliphatic heterocycles. The molecule has 0 aliphatic rings. The van der Waals surface area contributed by atoms with E-state index in [4.69, 9.17) is 4.42 Å². The van der Waals surface area contributed by atoms with Crippen LogP contribution in [-0.4, -0.2) is 21.5 Å². The smallest absolute Gasteiger partial charge is 0.406 e. The highest BCUT2D eigenvalue weighted by Gasteiger charge is 2.17. The summed E-state index contributed by atoms with van der Waals surface area (Å²) in [5.74, 6) is -2.51. The van der Waals surface area contributed by atoms with Crippen LogP contribution in [-0.2, 0) is 17.8 Å². The molecule has 2 aromatic heterocycles. The molecule has 25 heavy (non-hydrogen) atoms. The molecule has 3 aromatic rings. The number of carbonyl (C=O) groups excluding carboxylic acids is 1. The van der Waals surface area contributed by atoms with Crippen LogP contribution in [0.3, 0.4) is 0 Å². The fourth-order valence-corrected chi connectivity index (χ4v) is 2.59. The summed E-state index contributed by atoms with van der Waals surface area (Å²) in [6.07, 6.45) is 1.47. The second-order valence-corrected chi connectivity index (χ2v) is 5.65. The zero-order chi connectivity index (χ0) is 18.0. The van der Waals surface area contributed by atoms with Gasteiger partial charge < -0.3 is 9.73 Å². The third kappa shape index (κ3) is 3.57. The summed E-state index contributed by atoms with van der Waals surface area (Å²) in [6, 6.07) is 6.26. The first-order chi connectivity index (χ1) is 12.0. The van der Waals surface area contributed by atoms with E-state index >= 15 is 0 Å². The number of nitrogens with zero attached hydrogens (tertiary/aromatic N) is 2. The molecule has 0 fully saturated rings. The van der Waals surface area contributed by atoms with Gasteiger partial charge >= 0.3 is 5.76 Å². The summed E-state index contributed by atoms with van der Waals surface area (Å²) in [4.78, 5) is 28.0. The van der Waals surface area contributed by atoms with Crippen molar-refractivity contribution in [2.75, 3.05) is 0 Å².